The average Bonchev–Trinajstić information content (AvgIpc) is 3.38. The maximum Gasteiger partial charge on any atom is 0.421 e. The standard InChI is InChI=1S/C28H33F3N4/c1-2-3-4-5-8-20-11-15-23(16-12-20)33-26-25(28(29,30)31)19-32-27(35-26)34-24-17-13-22(14-18-24)21-9-6-7-10-21/h11-19,21H,2-10H2,1H3,(H2,32,33,34,35). The summed E-state index contributed by atoms with van der Waals surface area (Å²) in [7, 11) is 0. The molecule has 186 valence electrons. The molecule has 0 saturated heterocycles. The van der Waals surface area contributed by atoms with Crippen LogP contribution in [0.3, 0.4) is 0 Å². The highest BCUT2D eigenvalue weighted by Crippen LogP contribution is 2.36. The largest absolute Gasteiger partial charge is 0.421 e. The molecule has 0 spiro atoms. The monoisotopic (exact) mass is 482 g/mol. The molecule has 0 radical (unpaired) electrons. The number of halogens is 3. The minimum atomic E-state index is -4.57. The molecule has 1 aliphatic rings. The SMILES string of the molecule is CCCCCCc1ccc(Nc2nc(Nc3ccc(C4CCCC4)cc3)ncc2C(F)(F)F)cc1. The Morgan fingerprint density at radius 2 is 1.51 bits per heavy atom. The third-order valence-corrected chi connectivity index (χ3v) is 6.62. The van der Waals surface area contributed by atoms with Gasteiger partial charge in [-0.25, -0.2) is 4.98 Å². The van der Waals surface area contributed by atoms with Crippen molar-refractivity contribution in [3.8, 4) is 0 Å². The number of rotatable bonds is 10. The fourth-order valence-electron chi connectivity index (χ4n) is 4.62. The lowest BCUT2D eigenvalue weighted by molar-refractivity contribution is -0.137. The zero-order valence-electron chi connectivity index (χ0n) is 20.2. The zero-order chi connectivity index (χ0) is 24.7. The fraction of sp³-hybridized carbons (Fsp3) is 0.429. The number of benzene rings is 2. The van der Waals surface area contributed by atoms with E-state index in [4.69, 9.17) is 0 Å². The zero-order valence-corrected chi connectivity index (χ0v) is 20.2. The summed E-state index contributed by atoms with van der Waals surface area (Å²) in [4.78, 5) is 8.09. The first-order valence-electron chi connectivity index (χ1n) is 12.6. The minimum absolute atomic E-state index is 0.113. The van der Waals surface area contributed by atoms with Crippen LogP contribution >= 0.6 is 0 Å². The molecule has 1 aliphatic carbocycles. The van der Waals surface area contributed by atoms with Crippen molar-refractivity contribution in [3.63, 3.8) is 0 Å². The van der Waals surface area contributed by atoms with E-state index in [-0.39, 0.29) is 11.8 Å². The first kappa shape index (κ1) is 25.0. The molecule has 2 N–H and O–H groups in total. The molecule has 35 heavy (non-hydrogen) atoms. The van der Waals surface area contributed by atoms with Crippen LogP contribution < -0.4 is 10.6 Å². The van der Waals surface area contributed by atoms with E-state index in [0.717, 1.165) is 24.7 Å². The van der Waals surface area contributed by atoms with E-state index in [1.165, 1.54) is 56.1 Å². The van der Waals surface area contributed by atoms with Crippen LogP contribution in [0.5, 0.6) is 0 Å². The van der Waals surface area contributed by atoms with Crippen LogP contribution in [0.25, 0.3) is 0 Å². The summed E-state index contributed by atoms with van der Waals surface area (Å²) >= 11 is 0. The first-order valence-corrected chi connectivity index (χ1v) is 12.6. The Bertz CT molecular complexity index is 1070. The van der Waals surface area contributed by atoms with Crippen LogP contribution in [-0.2, 0) is 12.6 Å². The Morgan fingerprint density at radius 3 is 2.17 bits per heavy atom. The number of aryl methyl sites for hydroxylation is 1. The molecule has 0 unspecified atom stereocenters. The number of anilines is 4. The van der Waals surface area contributed by atoms with Crippen molar-refractivity contribution >= 4 is 23.1 Å². The Balaban J connectivity index is 1.47. The van der Waals surface area contributed by atoms with Gasteiger partial charge in [-0.1, -0.05) is 63.3 Å². The molecular formula is C28H33F3N4. The third-order valence-electron chi connectivity index (χ3n) is 6.62. The lowest BCUT2D eigenvalue weighted by Crippen LogP contribution is -2.12. The number of hydrogen-bond acceptors (Lipinski definition) is 4. The molecule has 3 aromatic rings. The van der Waals surface area contributed by atoms with Crippen LogP contribution in [0, 0.1) is 0 Å². The number of aromatic nitrogens is 2. The van der Waals surface area contributed by atoms with Gasteiger partial charge in [-0.2, -0.15) is 18.2 Å². The smallest absolute Gasteiger partial charge is 0.340 e. The van der Waals surface area contributed by atoms with Crippen LogP contribution in [0.1, 0.15) is 80.9 Å². The molecule has 4 nitrogen and oxygen atoms in total. The molecule has 2 aromatic carbocycles. The molecule has 0 bridgehead atoms. The second kappa shape index (κ2) is 11.6. The fourth-order valence-corrected chi connectivity index (χ4v) is 4.62. The van der Waals surface area contributed by atoms with E-state index in [1.807, 2.05) is 24.3 Å². The second-order valence-electron chi connectivity index (χ2n) is 9.31. The van der Waals surface area contributed by atoms with E-state index in [2.05, 4.69) is 39.7 Å². The van der Waals surface area contributed by atoms with Crippen molar-refractivity contribution in [1.82, 2.24) is 9.97 Å². The Hall–Kier alpha value is -3.09. The van der Waals surface area contributed by atoms with Crippen molar-refractivity contribution in [2.24, 2.45) is 0 Å². The Kier molecular flexibility index (Phi) is 8.26. The van der Waals surface area contributed by atoms with E-state index < -0.39 is 11.7 Å². The lowest BCUT2D eigenvalue weighted by atomic mass is 9.98. The summed E-state index contributed by atoms with van der Waals surface area (Å²) in [6.45, 7) is 2.18. The minimum Gasteiger partial charge on any atom is -0.340 e. The van der Waals surface area contributed by atoms with Gasteiger partial charge >= 0.3 is 6.18 Å². The third kappa shape index (κ3) is 6.96. The van der Waals surface area contributed by atoms with Gasteiger partial charge < -0.3 is 10.6 Å². The first-order chi connectivity index (χ1) is 16.9. The lowest BCUT2D eigenvalue weighted by Gasteiger charge is -2.15. The normalized spacial score (nSPS) is 14.3. The van der Waals surface area contributed by atoms with Crippen molar-refractivity contribution in [2.45, 2.75) is 76.8 Å². The van der Waals surface area contributed by atoms with E-state index in [1.54, 1.807) is 12.1 Å². The Morgan fingerprint density at radius 1 is 0.857 bits per heavy atom. The predicted molar refractivity (Wildman–Crippen MR) is 136 cm³/mol. The molecule has 1 heterocycles. The van der Waals surface area contributed by atoms with Gasteiger partial charge in [0.2, 0.25) is 5.95 Å². The molecule has 0 amide bonds. The van der Waals surface area contributed by atoms with Gasteiger partial charge in [0.25, 0.3) is 0 Å². The van der Waals surface area contributed by atoms with E-state index in [0.29, 0.717) is 11.6 Å². The van der Waals surface area contributed by atoms with Crippen LogP contribution in [-0.4, -0.2) is 9.97 Å². The van der Waals surface area contributed by atoms with Crippen LogP contribution in [0.4, 0.5) is 36.3 Å². The van der Waals surface area contributed by atoms with Gasteiger partial charge in [-0.15, -0.1) is 0 Å². The molecule has 7 heteroatoms. The van der Waals surface area contributed by atoms with E-state index >= 15 is 0 Å². The number of nitrogens with zero attached hydrogens (tertiary/aromatic N) is 2. The number of alkyl halides is 3. The van der Waals surface area contributed by atoms with Crippen molar-refractivity contribution in [2.75, 3.05) is 10.6 Å². The summed E-state index contributed by atoms with van der Waals surface area (Å²) < 4.78 is 40.9. The molecule has 0 aliphatic heterocycles. The van der Waals surface area contributed by atoms with Crippen molar-refractivity contribution in [1.29, 1.82) is 0 Å². The topological polar surface area (TPSA) is 49.8 Å². The number of nitrogens with one attached hydrogen (secondary N) is 2. The van der Waals surface area contributed by atoms with Crippen molar-refractivity contribution < 1.29 is 13.2 Å². The maximum absolute atomic E-state index is 13.6. The highest BCUT2D eigenvalue weighted by molar-refractivity contribution is 5.63. The summed E-state index contributed by atoms with van der Waals surface area (Å²) in [5.41, 5.74) is 2.87. The van der Waals surface area contributed by atoms with Gasteiger partial charge in [0.1, 0.15) is 11.4 Å². The highest BCUT2D eigenvalue weighted by Gasteiger charge is 2.35. The van der Waals surface area contributed by atoms with Crippen molar-refractivity contribution in [3.05, 3.63) is 71.4 Å². The van der Waals surface area contributed by atoms with Gasteiger partial charge in [0.05, 0.1) is 0 Å². The van der Waals surface area contributed by atoms with Crippen LogP contribution in [0.2, 0.25) is 0 Å². The maximum atomic E-state index is 13.6. The predicted octanol–water partition coefficient (Wildman–Crippen LogP) is 8.76. The molecular weight excluding hydrogens is 449 g/mol. The molecule has 1 aromatic heterocycles. The second-order valence-corrected chi connectivity index (χ2v) is 9.31. The van der Waals surface area contributed by atoms with Crippen LogP contribution in [0.15, 0.2) is 54.7 Å². The van der Waals surface area contributed by atoms with Gasteiger partial charge in [-0.3, -0.25) is 0 Å². The molecule has 1 saturated carbocycles. The summed E-state index contributed by atoms with van der Waals surface area (Å²) in [6, 6.07) is 15.5. The van der Waals surface area contributed by atoms with E-state index in [9.17, 15) is 13.2 Å². The number of unbranched alkanes of at least 4 members (excludes halogenated alkanes) is 3. The summed E-state index contributed by atoms with van der Waals surface area (Å²) in [6.07, 6.45) is 6.88. The average molecular weight is 483 g/mol. The van der Waals surface area contributed by atoms with Gasteiger partial charge in [-0.05, 0) is 67.0 Å². The summed E-state index contributed by atoms with van der Waals surface area (Å²) in [5.74, 6) is 0.444. The van der Waals surface area contributed by atoms with Gasteiger partial charge in [0.15, 0.2) is 0 Å². The number of hydrogen-bond donors (Lipinski definition) is 2. The van der Waals surface area contributed by atoms with Gasteiger partial charge in [0, 0.05) is 17.6 Å². The highest BCUT2D eigenvalue weighted by atomic mass is 19.4. The molecule has 1 fully saturated rings. The Labute approximate surface area is 205 Å². The molecule has 0 atom stereocenters. The molecule has 4 rings (SSSR count). The quantitative estimate of drug-likeness (QED) is 0.284. The summed E-state index contributed by atoms with van der Waals surface area (Å²) in [5, 5.41) is 5.88.